The van der Waals surface area contributed by atoms with E-state index in [4.69, 9.17) is 5.73 Å². The third-order valence-corrected chi connectivity index (χ3v) is 2.63. The Morgan fingerprint density at radius 2 is 2.38 bits per heavy atom. The normalized spacial score (nSPS) is 14.5. The molecule has 0 aliphatic heterocycles. The lowest BCUT2D eigenvalue weighted by molar-refractivity contribution is -0.123. The molecule has 0 spiro atoms. The Morgan fingerprint density at radius 3 is 2.88 bits per heavy atom. The largest absolute Gasteiger partial charge is 0.347 e. The molecule has 1 aromatic rings. The minimum Gasteiger partial charge on any atom is -0.347 e. The summed E-state index contributed by atoms with van der Waals surface area (Å²) in [4.78, 5) is 15.6. The molecule has 6 heteroatoms. The molecular weight excluding hydrogens is 206 g/mol. The summed E-state index contributed by atoms with van der Waals surface area (Å²) in [7, 11) is 1.78. The fraction of sp³-hybridized carbons (Fsp3) is 0.700. The molecule has 1 rings (SSSR count). The Kier molecular flexibility index (Phi) is 4.42. The highest BCUT2D eigenvalue weighted by molar-refractivity contribution is 5.81. The van der Waals surface area contributed by atoms with Crippen LogP contribution in [0.25, 0.3) is 0 Å². The van der Waals surface area contributed by atoms with E-state index in [0.717, 1.165) is 6.42 Å². The van der Waals surface area contributed by atoms with E-state index in [2.05, 4.69) is 15.4 Å². The van der Waals surface area contributed by atoms with Crippen molar-refractivity contribution in [3.05, 3.63) is 12.2 Å². The van der Waals surface area contributed by atoms with E-state index < -0.39 is 6.04 Å². The highest BCUT2D eigenvalue weighted by Crippen LogP contribution is 2.05. The Balaban J connectivity index is 2.40. The van der Waals surface area contributed by atoms with Gasteiger partial charge in [0.2, 0.25) is 5.91 Å². The molecule has 0 bridgehead atoms. The van der Waals surface area contributed by atoms with E-state index in [9.17, 15) is 4.79 Å². The van der Waals surface area contributed by atoms with Crippen molar-refractivity contribution in [2.75, 3.05) is 0 Å². The van der Waals surface area contributed by atoms with Crippen LogP contribution in [0.5, 0.6) is 0 Å². The van der Waals surface area contributed by atoms with E-state index >= 15 is 0 Å². The standard InChI is InChI=1S/C10H19N5O/c1-4-7(2)9(11)10(16)12-5-8-13-6-15(3)14-8/h6-7,9H,4-5,11H2,1-3H3,(H,12,16)/t7?,9-/m0/s1. The summed E-state index contributed by atoms with van der Waals surface area (Å²) in [6.07, 6.45) is 2.48. The summed E-state index contributed by atoms with van der Waals surface area (Å²) in [5, 5.41) is 6.78. The van der Waals surface area contributed by atoms with Gasteiger partial charge in [-0.2, -0.15) is 5.10 Å². The molecule has 0 fully saturated rings. The van der Waals surface area contributed by atoms with Gasteiger partial charge in [0.15, 0.2) is 5.82 Å². The smallest absolute Gasteiger partial charge is 0.237 e. The number of nitrogens with zero attached hydrogens (tertiary/aromatic N) is 3. The van der Waals surface area contributed by atoms with Crippen molar-refractivity contribution in [2.24, 2.45) is 18.7 Å². The lowest BCUT2D eigenvalue weighted by Crippen LogP contribution is -2.44. The quantitative estimate of drug-likeness (QED) is 0.727. The van der Waals surface area contributed by atoms with Gasteiger partial charge in [-0.25, -0.2) is 4.98 Å². The fourth-order valence-electron chi connectivity index (χ4n) is 1.26. The predicted octanol–water partition coefficient (Wildman–Crippen LogP) is -0.195. The number of carbonyl (C=O) groups is 1. The predicted molar refractivity (Wildman–Crippen MR) is 60.3 cm³/mol. The van der Waals surface area contributed by atoms with Crippen LogP contribution in [0.2, 0.25) is 0 Å². The molecule has 0 aliphatic rings. The molecule has 0 saturated heterocycles. The summed E-state index contributed by atoms with van der Waals surface area (Å²) in [6, 6.07) is -0.464. The fourth-order valence-corrected chi connectivity index (χ4v) is 1.26. The number of aromatic nitrogens is 3. The zero-order valence-corrected chi connectivity index (χ0v) is 9.97. The van der Waals surface area contributed by atoms with Gasteiger partial charge in [-0.1, -0.05) is 20.3 Å². The number of carbonyl (C=O) groups excluding carboxylic acids is 1. The van der Waals surface area contributed by atoms with Crippen LogP contribution in [0.4, 0.5) is 0 Å². The maximum atomic E-state index is 11.6. The molecule has 6 nitrogen and oxygen atoms in total. The van der Waals surface area contributed by atoms with E-state index in [0.29, 0.717) is 12.4 Å². The molecule has 0 radical (unpaired) electrons. The number of nitrogens with one attached hydrogen (secondary N) is 1. The maximum absolute atomic E-state index is 11.6. The van der Waals surface area contributed by atoms with Crippen LogP contribution < -0.4 is 11.1 Å². The number of amides is 1. The maximum Gasteiger partial charge on any atom is 0.237 e. The second-order valence-corrected chi connectivity index (χ2v) is 3.96. The van der Waals surface area contributed by atoms with Gasteiger partial charge in [0.05, 0.1) is 12.6 Å². The van der Waals surface area contributed by atoms with Crippen molar-refractivity contribution in [2.45, 2.75) is 32.9 Å². The van der Waals surface area contributed by atoms with E-state index in [1.165, 1.54) is 0 Å². The summed E-state index contributed by atoms with van der Waals surface area (Å²) < 4.78 is 1.59. The highest BCUT2D eigenvalue weighted by Gasteiger charge is 2.19. The van der Waals surface area contributed by atoms with Crippen molar-refractivity contribution in [3.63, 3.8) is 0 Å². The molecule has 0 aromatic carbocycles. The second-order valence-electron chi connectivity index (χ2n) is 3.96. The van der Waals surface area contributed by atoms with Gasteiger partial charge in [-0.3, -0.25) is 9.48 Å². The van der Waals surface area contributed by atoms with Crippen molar-refractivity contribution in [3.8, 4) is 0 Å². The van der Waals surface area contributed by atoms with Gasteiger partial charge in [0.1, 0.15) is 6.33 Å². The third-order valence-electron chi connectivity index (χ3n) is 2.63. The number of rotatable bonds is 5. The van der Waals surface area contributed by atoms with Gasteiger partial charge in [0, 0.05) is 7.05 Å². The Labute approximate surface area is 95.2 Å². The third kappa shape index (κ3) is 3.30. The van der Waals surface area contributed by atoms with Crippen molar-refractivity contribution in [1.82, 2.24) is 20.1 Å². The number of hydrogen-bond acceptors (Lipinski definition) is 4. The second kappa shape index (κ2) is 5.60. The average molecular weight is 225 g/mol. The summed E-state index contributed by atoms with van der Waals surface area (Å²) in [5.41, 5.74) is 5.78. The monoisotopic (exact) mass is 225 g/mol. The van der Waals surface area contributed by atoms with Crippen molar-refractivity contribution in [1.29, 1.82) is 0 Å². The molecule has 90 valence electrons. The Hall–Kier alpha value is -1.43. The molecule has 1 aromatic heterocycles. The van der Waals surface area contributed by atoms with Crippen LogP contribution >= 0.6 is 0 Å². The first-order chi connectivity index (χ1) is 7.54. The van der Waals surface area contributed by atoms with Gasteiger partial charge in [0.25, 0.3) is 0 Å². The minimum atomic E-state index is -0.464. The van der Waals surface area contributed by atoms with Gasteiger partial charge in [-0.05, 0) is 5.92 Å². The lowest BCUT2D eigenvalue weighted by Gasteiger charge is -2.16. The molecule has 0 saturated carbocycles. The van der Waals surface area contributed by atoms with Crippen LogP contribution in [0.15, 0.2) is 6.33 Å². The summed E-state index contributed by atoms with van der Waals surface area (Å²) >= 11 is 0. The number of nitrogens with two attached hydrogens (primary N) is 1. The van der Waals surface area contributed by atoms with E-state index in [1.54, 1.807) is 18.1 Å². The topological polar surface area (TPSA) is 85.8 Å². The first kappa shape index (κ1) is 12.6. The van der Waals surface area contributed by atoms with Crippen LogP contribution in [0.1, 0.15) is 26.1 Å². The SMILES string of the molecule is CCC(C)[C@H](N)C(=O)NCc1ncn(C)n1. The van der Waals surface area contributed by atoms with Gasteiger partial charge < -0.3 is 11.1 Å². The molecule has 3 N–H and O–H groups in total. The van der Waals surface area contributed by atoms with Gasteiger partial charge in [-0.15, -0.1) is 0 Å². The highest BCUT2D eigenvalue weighted by atomic mass is 16.2. The molecular formula is C10H19N5O. The molecule has 0 aliphatic carbocycles. The minimum absolute atomic E-state index is 0.151. The average Bonchev–Trinajstić information content (AvgIpc) is 2.69. The molecule has 1 amide bonds. The molecule has 1 heterocycles. The van der Waals surface area contributed by atoms with E-state index in [1.807, 2.05) is 13.8 Å². The van der Waals surface area contributed by atoms with Crippen LogP contribution in [0, 0.1) is 5.92 Å². The molecule has 1 unspecified atom stereocenters. The van der Waals surface area contributed by atoms with E-state index in [-0.39, 0.29) is 11.8 Å². The van der Waals surface area contributed by atoms with Crippen molar-refractivity contribution < 1.29 is 4.79 Å². The van der Waals surface area contributed by atoms with Crippen LogP contribution in [-0.4, -0.2) is 26.7 Å². The Morgan fingerprint density at radius 1 is 1.69 bits per heavy atom. The summed E-state index contributed by atoms with van der Waals surface area (Å²) in [6.45, 7) is 4.30. The zero-order chi connectivity index (χ0) is 12.1. The summed E-state index contributed by atoms with van der Waals surface area (Å²) in [5.74, 6) is 0.616. The number of aryl methyl sites for hydroxylation is 1. The zero-order valence-electron chi connectivity index (χ0n) is 9.97. The van der Waals surface area contributed by atoms with Gasteiger partial charge >= 0.3 is 0 Å². The van der Waals surface area contributed by atoms with Crippen molar-refractivity contribution >= 4 is 5.91 Å². The van der Waals surface area contributed by atoms with Crippen LogP contribution in [0.3, 0.4) is 0 Å². The van der Waals surface area contributed by atoms with Crippen LogP contribution in [-0.2, 0) is 18.4 Å². The first-order valence-electron chi connectivity index (χ1n) is 5.42. The lowest BCUT2D eigenvalue weighted by atomic mass is 9.99. The number of hydrogen-bond donors (Lipinski definition) is 2. The first-order valence-corrected chi connectivity index (χ1v) is 5.42. The molecule has 2 atom stereocenters. The molecule has 16 heavy (non-hydrogen) atoms. The Bertz CT molecular complexity index is 349.